The molecule has 0 unspecified atom stereocenters. The number of carboxylic acids is 1. The molecule has 1 atom stereocenters. The number of nitrogens with zero attached hydrogens (tertiary/aromatic N) is 1. The molecule has 0 aliphatic carbocycles. The van der Waals surface area contributed by atoms with Crippen LogP contribution in [0.4, 0.5) is 0 Å². The molecule has 0 bridgehead atoms. The predicted molar refractivity (Wildman–Crippen MR) is 60.1 cm³/mol. The van der Waals surface area contributed by atoms with Gasteiger partial charge in [0.15, 0.2) is 5.54 Å². The SMILES string of the molecule is C[C@@](C(=O)O)(c1cccs1)N1CCCC1. The van der Waals surface area contributed by atoms with Crippen LogP contribution in [0, 0.1) is 0 Å². The van der Waals surface area contributed by atoms with Gasteiger partial charge in [0.05, 0.1) is 0 Å². The van der Waals surface area contributed by atoms with Crippen molar-refractivity contribution in [3.63, 3.8) is 0 Å². The first-order chi connectivity index (χ1) is 7.15. The van der Waals surface area contributed by atoms with Gasteiger partial charge in [-0.3, -0.25) is 4.90 Å². The van der Waals surface area contributed by atoms with Gasteiger partial charge in [-0.2, -0.15) is 0 Å². The Hall–Kier alpha value is -0.870. The Bertz CT molecular complexity index is 343. The van der Waals surface area contributed by atoms with Crippen LogP contribution in [0.3, 0.4) is 0 Å². The molecule has 15 heavy (non-hydrogen) atoms. The van der Waals surface area contributed by atoms with E-state index in [1.54, 1.807) is 0 Å². The number of aliphatic carboxylic acids is 1. The topological polar surface area (TPSA) is 40.5 Å². The number of hydrogen-bond donors (Lipinski definition) is 1. The molecule has 0 saturated carbocycles. The normalized spacial score (nSPS) is 21.4. The van der Waals surface area contributed by atoms with E-state index in [2.05, 4.69) is 4.90 Å². The quantitative estimate of drug-likeness (QED) is 0.856. The maximum Gasteiger partial charge on any atom is 0.329 e. The van der Waals surface area contributed by atoms with Gasteiger partial charge in [-0.25, -0.2) is 4.79 Å². The first kappa shape index (κ1) is 10.6. The van der Waals surface area contributed by atoms with Crippen LogP contribution in [-0.2, 0) is 10.3 Å². The van der Waals surface area contributed by atoms with Gasteiger partial charge in [0, 0.05) is 4.88 Å². The number of thiophene rings is 1. The van der Waals surface area contributed by atoms with Gasteiger partial charge in [0.2, 0.25) is 0 Å². The van der Waals surface area contributed by atoms with E-state index in [1.165, 1.54) is 11.3 Å². The highest BCUT2D eigenvalue weighted by Gasteiger charge is 2.43. The van der Waals surface area contributed by atoms with Gasteiger partial charge in [0.25, 0.3) is 0 Å². The zero-order valence-corrected chi connectivity index (χ0v) is 9.59. The van der Waals surface area contributed by atoms with Crippen molar-refractivity contribution in [1.29, 1.82) is 0 Å². The van der Waals surface area contributed by atoms with Crippen LogP contribution >= 0.6 is 11.3 Å². The number of rotatable bonds is 3. The van der Waals surface area contributed by atoms with Gasteiger partial charge in [-0.15, -0.1) is 11.3 Å². The third kappa shape index (κ3) is 1.68. The molecule has 0 aromatic carbocycles. The molecule has 1 N–H and O–H groups in total. The number of carbonyl (C=O) groups is 1. The fourth-order valence-electron chi connectivity index (χ4n) is 2.12. The van der Waals surface area contributed by atoms with Crippen LogP contribution < -0.4 is 0 Å². The van der Waals surface area contributed by atoms with Crippen molar-refractivity contribution in [1.82, 2.24) is 4.90 Å². The van der Waals surface area contributed by atoms with Crippen molar-refractivity contribution >= 4 is 17.3 Å². The largest absolute Gasteiger partial charge is 0.480 e. The van der Waals surface area contributed by atoms with E-state index in [-0.39, 0.29) is 0 Å². The Morgan fingerprint density at radius 1 is 1.53 bits per heavy atom. The first-order valence-electron chi connectivity index (χ1n) is 5.18. The van der Waals surface area contributed by atoms with Crippen LogP contribution in [0.2, 0.25) is 0 Å². The van der Waals surface area contributed by atoms with Crippen molar-refractivity contribution in [3.8, 4) is 0 Å². The lowest BCUT2D eigenvalue weighted by atomic mass is 9.98. The van der Waals surface area contributed by atoms with Crippen LogP contribution in [0.1, 0.15) is 24.6 Å². The molecule has 82 valence electrons. The third-order valence-corrected chi connectivity index (χ3v) is 4.24. The molecule has 2 rings (SSSR count). The summed E-state index contributed by atoms with van der Waals surface area (Å²) in [6.07, 6.45) is 2.21. The van der Waals surface area contributed by atoms with E-state index in [4.69, 9.17) is 0 Å². The summed E-state index contributed by atoms with van der Waals surface area (Å²) in [6.45, 7) is 3.59. The minimum atomic E-state index is -0.829. The van der Waals surface area contributed by atoms with Gasteiger partial charge < -0.3 is 5.11 Å². The van der Waals surface area contributed by atoms with Gasteiger partial charge >= 0.3 is 5.97 Å². The van der Waals surface area contributed by atoms with Crippen LogP contribution in [0.5, 0.6) is 0 Å². The van der Waals surface area contributed by atoms with Crippen molar-refractivity contribution < 1.29 is 9.90 Å². The molecule has 1 saturated heterocycles. The summed E-state index contributed by atoms with van der Waals surface area (Å²) in [5, 5.41) is 11.4. The van der Waals surface area contributed by atoms with Gasteiger partial charge in [-0.05, 0) is 44.3 Å². The molecule has 1 aliphatic heterocycles. The molecule has 0 amide bonds. The molecule has 1 aromatic heterocycles. The first-order valence-corrected chi connectivity index (χ1v) is 6.06. The average molecular weight is 225 g/mol. The maximum atomic E-state index is 11.5. The Morgan fingerprint density at radius 3 is 2.67 bits per heavy atom. The molecule has 2 heterocycles. The zero-order chi connectivity index (χ0) is 10.9. The second-order valence-corrected chi connectivity index (χ2v) is 5.00. The van der Waals surface area contributed by atoms with Crippen LogP contribution in [0.15, 0.2) is 17.5 Å². The fourth-order valence-corrected chi connectivity index (χ4v) is 3.02. The van der Waals surface area contributed by atoms with Crippen molar-refractivity contribution in [2.45, 2.75) is 25.3 Å². The molecule has 3 nitrogen and oxygen atoms in total. The summed E-state index contributed by atoms with van der Waals surface area (Å²) in [5.41, 5.74) is -0.829. The van der Waals surface area contributed by atoms with Crippen LogP contribution in [0.25, 0.3) is 0 Å². The number of carboxylic acid groups (broad SMARTS) is 1. The van der Waals surface area contributed by atoms with Crippen LogP contribution in [-0.4, -0.2) is 29.1 Å². The second-order valence-electron chi connectivity index (χ2n) is 4.05. The monoisotopic (exact) mass is 225 g/mol. The lowest BCUT2D eigenvalue weighted by Crippen LogP contribution is -2.47. The lowest BCUT2D eigenvalue weighted by Gasteiger charge is -2.33. The molecular weight excluding hydrogens is 210 g/mol. The number of likely N-dealkylation sites (tertiary alicyclic amines) is 1. The standard InChI is InChI=1S/C11H15NO2S/c1-11(10(13)14,9-5-4-8-15-9)12-6-2-3-7-12/h4-5,8H,2-3,6-7H2,1H3,(H,13,14)/t11-/m0/s1. The van der Waals surface area contributed by atoms with E-state index in [0.717, 1.165) is 30.8 Å². The molecule has 1 aromatic rings. The summed E-state index contributed by atoms with van der Waals surface area (Å²) in [4.78, 5) is 14.5. The van der Waals surface area contributed by atoms with E-state index >= 15 is 0 Å². The third-order valence-electron chi connectivity index (χ3n) is 3.16. The Balaban J connectivity index is 2.35. The molecule has 0 radical (unpaired) electrons. The fraction of sp³-hybridized carbons (Fsp3) is 0.545. The summed E-state index contributed by atoms with van der Waals surface area (Å²) >= 11 is 1.52. The van der Waals surface area contributed by atoms with Gasteiger partial charge in [-0.1, -0.05) is 6.07 Å². The molecule has 0 spiro atoms. The van der Waals surface area contributed by atoms with E-state index < -0.39 is 11.5 Å². The highest BCUT2D eigenvalue weighted by molar-refractivity contribution is 7.10. The summed E-state index contributed by atoms with van der Waals surface area (Å²) in [5.74, 6) is -0.744. The van der Waals surface area contributed by atoms with E-state index in [0.29, 0.717) is 0 Å². The van der Waals surface area contributed by atoms with Crippen molar-refractivity contribution in [2.75, 3.05) is 13.1 Å². The Morgan fingerprint density at radius 2 is 2.20 bits per heavy atom. The van der Waals surface area contributed by atoms with Crippen molar-refractivity contribution in [2.24, 2.45) is 0 Å². The lowest BCUT2D eigenvalue weighted by molar-refractivity contribution is -0.150. The second kappa shape index (κ2) is 3.94. The summed E-state index contributed by atoms with van der Waals surface area (Å²) in [6, 6.07) is 3.83. The summed E-state index contributed by atoms with van der Waals surface area (Å²) < 4.78 is 0. The maximum absolute atomic E-state index is 11.5. The highest BCUT2D eigenvalue weighted by atomic mass is 32.1. The van der Waals surface area contributed by atoms with E-state index in [9.17, 15) is 9.90 Å². The highest BCUT2D eigenvalue weighted by Crippen LogP contribution is 2.34. The minimum Gasteiger partial charge on any atom is -0.480 e. The molecule has 1 aliphatic rings. The Labute approximate surface area is 93.3 Å². The molecule has 4 heteroatoms. The smallest absolute Gasteiger partial charge is 0.329 e. The molecule has 1 fully saturated rings. The molecular formula is C11H15NO2S. The van der Waals surface area contributed by atoms with Gasteiger partial charge in [0.1, 0.15) is 0 Å². The number of hydrogen-bond acceptors (Lipinski definition) is 3. The zero-order valence-electron chi connectivity index (χ0n) is 8.77. The Kier molecular flexibility index (Phi) is 2.80. The van der Waals surface area contributed by atoms with E-state index in [1.807, 2.05) is 24.4 Å². The minimum absolute atomic E-state index is 0.744. The predicted octanol–water partition coefficient (Wildman–Crippen LogP) is 2.14. The summed E-state index contributed by atoms with van der Waals surface area (Å²) in [7, 11) is 0. The average Bonchev–Trinajstić information content (AvgIpc) is 2.89. The van der Waals surface area contributed by atoms with Crippen molar-refractivity contribution in [3.05, 3.63) is 22.4 Å².